The van der Waals surface area contributed by atoms with E-state index >= 15 is 0 Å². The standard InChI is InChI=1S/C17H12N4O3S/c22-17(16-11-18-9-10-19-16)20-12-1-5-14(6-2-12)25-15-7-3-13(4-8-15)21(23)24/h1-11H,(H,20,22). The van der Waals surface area contributed by atoms with Crippen LogP contribution in [0, 0.1) is 10.1 Å². The van der Waals surface area contributed by atoms with E-state index < -0.39 is 4.92 Å². The molecule has 124 valence electrons. The third-order valence-corrected chi connectivity index (χ3v) is 4.21. The van der Waals surface area contributed by atoms with Crippen LogP contribution < -0.4 is 5.32 Å². The van der Waals surface area contributed by atoms with Gasteiger partial charge < -0.3 is 5.32 Å². The third-order valence-electron chi connectivity index (χ3n) is 3.19. The second-order valence-corrected chi connectivity index (χ2v) is 6.07. The fourth-order valence-electron chi connectivity index (χ4n) is 1.99. The zero-order chi connectivity index (χ0) is 17.6. The largest absolute Gasteiger partial charge is 0.321 e. The maximum absolute atomic E-state index is 12.0. The Morgan fingerprint density at radius 2 is 1.64 bits per heavy atom. The molecule has 2 aromatic carbocycles. The Bertz CT molecular complexity index is 884. The molecule has 1 aromatic heterocycles. The highest BCUT2D eigenvalue weighted by Crippen LogP contribution is 2.29. The van der Waals surface area contributed by atoms with Crippen molar-refractivity contribution in [3.63, 3.8) is 0 Å². The zero-order valence-corrected chi connectivity index (χ0v) is 13.6. The molecule has 0 spiro atoms. The van der Waals surface area contributed by atoms with Gasteiger partial charge in [-0.05, 0) is 36.4 Å². The Kier molecular flexibility index (Phi) is 5.00. The minimum absolute atomic E-state index is 0.0615. The minimum atomic E-state index is -0.428. The van der Waals surface area contributed by atoms with Gasteiger partial charge in [0.15, 0.2) is 0 Å². The van der Waals surface area contributed by atoms with Crippen LogP contribution in [0.25, 0.3) is 0 Å². The highest BCUT2D eigenvalue weighted by Gasteiger charge is 2.08. The number of hydrogen-bond donors (Lipinski definition) is 1. The molecule has 3 aromatic rings. The summed E-state index contributed by atoms with van der Waals surface area (Å²) in [7, 11) is 0. The maximum Gasteiger partial charge on any atom is 0.275 e. The van der Waals surface area contributed by atoms with Gasteiger partial charge in [0.2, 0.25) is 0 Å². The van der Waals surface area contributed by atoms with E-state index in [0.29, 0.717) is 5.69 Å². The second kappa shape index (κ2) is 7.54. The van der Waals surface area contributed by atoms with Gasteiger partial charge in [0.05, 0.1) is 11.1 Å². The Balaban J connectivity index is 1.64. The minimum Gasteiger partial charge on any atom is -0.321 e. The summed E-state index contributed by atoms with van der Waals surface area (Å²) in [4.78, 5) is 31.9. The predicted octanol–water partition coefficient (Wildman–Crippen LogP) is 3.79. The molecule has 25 heavy (non-hydrogen) atoms. The van der Waals surface area contributed by atoms with Crippen LogP contribution in [0.15, 0.2) is 76.9 Å². The SMILES string of the molecule is O=C(Nc1ccc(Sc2ccc([N+](=O)[O-])cc2)cc1)c1cnccn1. The van der Waals surface area contributed by atoms with E-state index in [-0.39, 0.29) is 17.3 Å². The summed E-state index contributed by atoms with van der Waals surface area (Å²) in [6.45, 7) is 0. The summed E-state index contributed by atoms with van der Waals surface area (Å²) in [6.07, 6.45) is 4.36. The van der Waals surface area contributed by atoms with Crippen molar-refractivity contribution in [3.8, 4) is 0 Å². The van der Waals surface area contributed by atoms with Gasteiger partial charge in [-0.25, -0.2) is 4.98 Å². The average Bonchev–Trinajstić information content (AvgIpc) is 2.64. The van der Waals surface area contributed by atoms with Crippen molar-refractivity contribution in [3.05, 3.63) is 82.9 Å². The lowest BCUT2D eigenvalue weighted by atomic mass is 10.3. The van der Waals surface area contributed by atoms with Crippen molar-refractivity contribution in [2.75, 3.05) is 5.32 Å². The number of rotatable bonds is 5. The molecule has 1 heterocycles. The quantitative estimate of drug-likeness (QED) is 0.554. The molecule has 0 bridgehead atoms. The van der Waals surface area contributed by atoms with Gasteiger partial charge >= 0.3 is 0 Å². The van der Waals surface area contributed by atoms with Gasteiger partial charge in [-0.2, -0.15) is 0 Å². The van der Waals surface area contributed by atoms with Crippen LogP contribution in [0.3, 0.4) is 0 Å². The van der Waals surface area contributed by atoms with Crippen molar-refractivity contribution in [2.45, 2.75) is 9.79 Å². The lowest BCUT2D eigenvalue weighted by Gasteiger charge is -2.06. The van der Waals surface area contributed by atoms with Crippen LogP contribution in [0.2, 0.25) is 0 Å². The first-order valence-corrected chi connectivity index (χ1v) is 8.03. The number of nitro groups is 1. The number of nitrogens with zero attached hydrogens (tertiary/aromatic N) is 3. The van der Waals surface area contributed by atoms with Gasteiger partial charge in [0, 0.05) is 40.0 Å². The molecule has 0 radical (unpaired) electrons. The molecule has 0 unspecified atom stereocenters. The fourth-order valence-corrected chi connectivity index (χ4v) is 2.81. The normalized spacial score (nSPS) is 10.2. The highest BCUT2D eigenvalue weighted by atomic mass is 32.2. The molecule has 0 aliphatic carbocycles. The summed E-state index contributed by atoms with van der Waals surface area (Å²) in [5.41, 5.74) is 0.946. The molecule has 0 aliphatic rings. The first kappa shape index (κ1) is 16.6. The van der Waals surface area contributed by atoms with Gasteiger partial charge in [-0.1, -0.05) is 11.8 Å². The van der Waals surface area contributed by atoms with E-state index in [4.69, 9.17) is 0 Å². The predicted molar refractivity (Wildman–Crippen MR) is 93.6 cm³/mol. The van der Waals surface area contributed by atoms with E-state index in [0.717, 1.165) is 9.79 Å². The Morgan fingerprint density at radius 3 is 2.20 bits per heavy atom. The molecule has 0 atom stereocenters. The molecule has 0 fully saturated rings. The van der Waals surface area contributed by atoms with Crippen LogP contribution in [-0.2, 0) is 0 Å². The van der Waals surface area contributed by atoms with Crippen molar-refractivity contribution in [2.24, 2.45) is 0 Å². The topological polar surface area (TPSA) is 98.0 Å². The van der Waals surface area contributed by atoms with Crippen LogP contribution >= 0.6 is 11.8 Å². The summed E-state index contributed by atoms with van der Waals surface area (Å²) in [6, 6.07) is 13.6. The summed E-state index contributed by atoms with van der Waals surface area (Å²) in [5, 5.41) is 13.4. The molecular formula is C17H12N4O3S. The smallest absolute Gasteiger partial charge is 0.275 e. The molecule has 0 saturated carbocycles. The molecule has 1 amide bonds. The number of carbonyl (C=O) groups is 1. The first-order chi connectivity index (χ1) is 12.1. The number of non-ortho nitro benzene ring substituents is 1. The Labute approximate surface area is 147 Å². The van der Waals surface area contributed by atoms with Gasteiger partial charge in [0.1, 0.15) is 5.69 Å². The summed E-state index contributed by atoms with van der Waals surface area (Å²) >= 11 is 1.47. The lowest BCUT2D eigenvalue weighted by molar-refractivity contribution is -0.384. The number of hydrogen-bond acceptors (Lipinski definition) is 6. The molecule has 1 N–H and O–H groups in total. The number of benzene rings is 2. The Morgan fingerprint density at radius 1 is 1.00 bits per heavy atom. The average molecular weight is 352 g/mol. The molecule has 0 saturated heterocycles. The summed E-state index contributed by atoms with van der Waals surface area (Å²) in [5.74, 6) is -0.330. The Hall–Kier alpha value is -3.26. The van der Waals surface area contributed by atoms with Crippen molar-refractivity contribution < 1.29 is 9.72 Å². The van der Waals surface area contributed by atoms with Crippen molar-refractivity contribution in [1.82, 2.24) is 9.97 Å². The van der Waals surface area contributed by atoms with E-state index in [9.17, 15) is 14.9 Å². The number of carbonyl (C=O) groups excluding carboxylic acids is 1. The van der Waals surface area contributed by atoms with Crippen molar-refractivity contribution in [1.29, 1.82) is 0 Å². The molecule has 7 nitrogen and oxygen atoms in total. The summed E-state index contributed by atoms with van der Waals surface area (Å²) < 4.78 is 0. The molecule has 3 rings (SSSR count). The number of nitro benzene ring substituents is 1. The second-order valence-electron chi connectivity index (χ2n) is 4.92. The molecule has 0 aliphatic heterocycles. The van der Waals surface area contributed by atoms with E-state index in [1.807, 2.05) is 12.1 Å². The van der Waals surface area contributed by atoms with E-state index in [1.54, 1.807) is 24.3 Å². The van der Waals surface area contributed by atoms with Crippen LogP contribution in [0.5, 0.6) is 0 Å². The highest BCUT2D eigenvalue weighted by molar-refractivity contribution is 7.99. The van der Waals surface area contributed by atoms with Gasteiger partial charge in [0.25, 0.3) is 11.6 Å². The molecule has 8 heteroatoms. The maximum atomic E-state index is 12.0. The number of amides is 1. The van der Waals surface area contributed by atoms with Gasteiger partial charge in [-0.15, -0.1) is 0 Å². The third kappa shape index (κ3) is 4.39. The monoisotopic (exact) mass is 352 g/mol. The fraction of sp³-hybridized carbons (Fsp3) is 0. The number of aromatic nitrogens is 2. The van der Waals surface area contributed by atoms with Crippen LogP contribution in [0.1, 0.15) is 10.5 Å². The number of anilines is 1. The van der Waals surface area contributed by atoms with Crippen molar-refractivity contribution >= 4 is 29.0 Å². The van der Waals surface area contributed by atoms with Crippen LogP contribution in [0.4, 0.5) is 11.4 Å². The first-order valence-electron chi connectivity index (χ1n) is 7.21. The van der Waals surface area contributed by atoms with E-state index in [1.165, 1.54) is 42.5 Å². The number of nitrogens with one attached hydrogen (secondary N) is 1. The lowest BCUT2D eigenvalue weighted by Crippen LogP contribution is -2.13. The zero-order valence-electron chi connectivity index (χ0n) is 12.8. The molecular weight excluding hydrogens is 340 g/mol. The van der Waals surface area contributed by atoms with E-state index in [2.05, 4.69) is 15.3 Å². The van der Waals surface area contributed by atoms with Crippen LogP contribution in [-0.4, -0.2) is 20.8 Å². The van der Waals surface area contributed by atoms with Gasteiger partial charge in [-0.3, -0.25) is 19.9 Å².